The van der Waals surface area contributed by atoms with Crippen LogP contribution in [0.25, 0.3) is 0 Å². The number of hydrogen-bond acceptors (Lipinski definition) is 9. The summed E-state index contributed by atoms with van der Waals surface area (Å²) >= 11 is 0. The van der Waals surface area contributed by atoms with Crippen LogP contribution in [0.1, 0.15) is 71.1 Å². The van der Waals surface area contributed by atoms with Crippen LogP contribution in [-0.4, -0.2) is 98.3 Å². The summed E-state index contributed by atoms with van der Waals surface area (Å²) in [6.45, 7) is 7.00. The number of benzene rings is 2. The van der Waals surface area contributed by atoms with Gasteiger partial charge in [-0.05, 0) is 87.1 Å². The number of carbonyl (C=O) groups is 3. The lowest BCUT2D eigenvalue weighted by molar-refractivity contribution is -0.177. The Morgan fingerprint density at radius 3 is 2.53 bits per heavy atom. The summed E-state index contributed by atoms with van der Waals surface area (Å²) in [5.74, 6) is 0.208. The summed E-state index contributed by atoms with van der Waals surface area (Å²) < 4.78 is 19.0. The molecule has 13 heteroatoms. The van der Waals surface area contributed by atoms with Crippen molar-refractivity contribution in [2.75, 3.05) is 33.4 Å². The maximum absolute atomic E-state index is 13.4. The zero-order valence-corrected chi connectivity index (χ0v) is 28.8. The highest BCUT2D eigenvalue weighted by molar-refractivity contribution is 5.97. The molecule has 1 unspecified atom stereocenters. The van der Waals surface area contributed by atoms with E-state index in [0.717, 1.165) is 35.6 Å². The first-order valence-corrected chi connectivity index (χ1v) is 16.6. The second-order valence-corrected chi connectivity index (χ2v) is 13.9. The summed E-state index contributed by atoms with van der Waals surface area (Å²) in [6.07, 6.45) is 2.91. The zero-order chi connectivity index (χ0) is 35.3. The number of aromatic nitrogens is 2. The number of nitrogens with one attached hydrogen (secondary N) is 1. The van der Waals surface area contributed by atoms with Crippen molar-refractivity contribution < 1.29 is 38.8 Å². The number of aliphatic hydroxyl groups excluding tert-OH is 1. The second-order valence-electron chi connectivity index (χ2n) is 13.9. The molecule has 2 aliphatic rings. The Hall–Kier alpha value is -4.46. The molecule has 3 heterocycles. The number of rotatable bonds is 10. The minimum atomic E-state index is -2.09. The van der Waals surface area contributed by atoms with Gasteiger partial charge in [0.25, 0.3) is 11.8 Å². The minimum absolute atomic E-state index is 0.0631. The van der Waals surface area contributed by atoms with Crippen LogP contribution in [-0.2, 0) is 36.1 Å². The van der Waals surface area contributed by atoms with Crippen molar-refractivity contribution in [1.29, 1.82) is 0 Å². The number of hydrogen-bond donors (Lipinski definition) is 3. The first kappa shape index (κ1) is 35.8. The van der Waals surface area contributed by atoms with Gasteiger partial charge < -0.3 is 39.2 Å². The normalized spacial score (nSPS) is 19.8. The van der Waals surface area contributed by atoms with E-state index in [-0.39, 0.29) is 31.0 Å². The molecule has 1 saturated heterocycles. The minimum Gasteiger partial charge on any atom is -0.487 e. The molecule has 5 rings (SSSR count). The number of aryl methyl sites for hydroxylation is 1. The third kappa shape index (κ3) is 8.77. The van der Waals surface area contributed by atoms with Crippen LogP contribution in [0, 0.1) is 5.92 Å². The van der Waals surface area contributed by atoms with Crippen LogP contribution in [0.4, 0.5) is 4.79 Å². The molecule has 264 valence electrons. The van der Waals surface area contributed by atoms with Crippen LogP contribution in [0.3, 0.4) is 0 Å². The largest absolute Gasteiger partial charge is 0.487 e. The van der Waals surface area contributed by atoms with Crippen LogP contribution in [0.15, 0.2) is 55.0 Å². The first-order chi connectivity index (χ1) is 23.2. The summed E-state index contributed by atoms with van der Waals surface area (Å²) in [5.41, 5.74) is 0.0800. The fourth-order valence-corrected chi connectivity index (χ4v) is 6.07. The predicted molar refractivity (Wildman–Crippen MR) is 180 cm³/mol. The van der Waals surface area contributed by atoms with E-state index >= 15 is 0 Å². The molecular weight excluding hydrogens is 630 g/mol. The molecule has 3 N–H and O–H groups in total. The van der Waals surface area contributed by atoms with Crippen molar-refractivity contribution in [3.05, 3.63) is 82.9 Å². The number of fused-ring (bicyclic) bond motifs is 1. The van der Waals surface area contributed by atoms with Crippen LogP contribution >= 0.6 is 0 Å². The molecule has 0 saturated carbocycles. The maximum Gasteiger partial charge on any atom is 0.412 e. The molecule has 13 nitrogen and oxygen atoms in total. The molecule has 0 aliphatic carbocycles. The highest BCUT2D eigenvalue weighted by atomic mass is 16.6. The van der Waals surface area contributed by atoms with Gasteiger partial charge in [0.1, 0.15) is 24.1 Å². The molecule has 1 aromatic heterocycles. The number of aliphatic hydroxyl groups is 2. The van der Waals surface area contributed by atoms with Crippen molar-refractivity contribution in [2.45, 2.75) is 70.6 Å². The molecule has 3 aromatic rings. The lowest BCUT2D eigenvalue weighted by Gasteiger charge is -2.46. The fraction of sp³-hybridized carbons (Fsp3) is 0.500. The molecule has 49 heavy (non-hydrogen) atoms. The molecule has 0 radical (unpaired) electrons. The highest BCUT2D eigenvalue weighted by Crippen LogP contribution is 2.35. The van der Waals surface area contributed by atoms with E-state index in [2.05, 4.69) is 10.3 Å². The van der Waals surface area contributed by atoms with Crippen molar-refractivity contribution in [1.82, 2.24) is 24.7 Å². The van der Waals surface area contributed by atoms with Gasteiger partial charge in [-0.2, -0.15) is 0 Å². The van der Waals surface area contributed by atoms with Gasteiger partial charge in [0.15, 0.2) is 5.72 Å². The third-order valence-corrected chi connectivity index (χ3v) is 8.86. The summed E-state index contributed by atoms with van der Waals surface area (Å²) in [7, 11) is 3.63. The van der Waals surface area contributed by atoms with Gasteiger partial charge in [-0.3, -0.25) is 14.5 Å². The van der Waals surface area contributed by atoms with Crippen molar-refractivity contribution in [2.24, 2.45) is 13.0 Å². The van der Waals surface area contributed by atoms with Crippen LogP contribution in [0.2, 0.25) is 0 Å². The Kier molecular flexibility index (Phi) is 11.0. The fourth-order valence-electron chi connectivity index (χ4n) is 6.07. The molecule has 0 spiro atoms. The summed E-state index contributed by atoms with van der Waals surface area (Å²) in [5, 5.41) is 25.9. The number of imidazole rings is 1. The van der Waals surface area contributed by atoms with Crippen molar-refractivity contribution in [3.8, 4) is 5.75 Å². The predicted octanol–water partition coefficient (Wildman–Crippen LogP) is 3.27. The average molecular weight is 678 g/mol. The van der Waals surface area contributed by atoms with Gasteiger partial charge >= 0.3 is 6.09 Å². The summed E-state index contributed by atoms with van der Waals surface area (Å²) in [4.78, 5) is 46.3. The quantitative estimate of drug-likeness (QED) is 0.293. The molecular formula is C36H47N5O8. The molecule has 1 fully saturated rings. The molecule has 0 bridgehead atoms. The lowest BCUT2D eigenvalue weighted by atomic mass is 9.87. The van der Waals surface area contributed by atoms with Gasteiger partial charge in [0, 0.05) is 51.3 Å². The Labute approximate surface area is 286 Å². The molecule has 2 aromatic carbocycles. The van der Waals surface area contributed by atoms with Crippen molar-refractivity contribution in [3.63, 3.8) is 0 Å². The number of ether oxygens (including phenoxy) is 3. The maximum atomic E-state index is 13.4. The Bertz CT molecular complexity index is 1630. The van der Waals surface area contributed by atoms with E-state index in [1.165, 1.54) is 0 Å². The number of amides is 3. The number of carbonyl (C=O) groups excluding carboxylic acids is 3. The third-order valence-electron chi connectivity index (χ3n) is 8.86. The van der Waals surface area contributed by atoms with Gasteiger partial charge in [0.2, 0.25) is 0 Å². The SMILES string of the molecule is CN(CC1CCCOC1)C(=O)c1ccc(C(=O)NC[C@@H](O)[C@@]2(O)Cc3ccc(OCc4cncn4C)cc3CN2C(=O)OC(C)(C)C)cc1. The van der Waals surface area contributed by atoms with Gasteiger partial charge in [-0.15, -0.1) is 0 Å². The van der Waals surface area contributed by atoms with E-state index in [9.17, 15) is 24.6 Å². The highest BCUT2D eigenvalue weighted by Gasteiger charge is 2.49. The van der Waals surface area contributed by atoms with Crippen LogP contribution in [0.5, 0.6) is 5.75 Å². The Balaban J connectivity index is 1.25. The Morgan fingerprint density at radius 2 is 1.88 bits per heavy atom. The smallest absolute Gasteiger partial charge is 0.412 e. The van der Waals surface area contributed by atoms with Crippen LogP contribution < -0.4 is 10.1 Å². The second kappa shape index (κ2) is 15.0. The Morgan fingerprint density at radius 1 is 1.14 bits per heavy atom. The standard InChI is InChI=1S/C36H47N5O8/c1-35(2,3)49-34(45)41-20-28-15-30(48-22-29-17-37-23-40(29)5)13-12-27(28)16-36(41,46)31(42)18-38-32(43)25-8-10-26(11-9-25)33(44)39(4)19-24-7-6-14-47-21-24/h8-13,15,17,23-24,31,42,46H,6-7,14,16,18-22H2,1-5H3,(H,38,43)/t24?,31-,36+/m1/s1. The lowest BCUT2D eigenvalue weighted by Crippen LogP contribution is -2.64. The zero-order valence-electron chi connectivity index (χ0n) is 28.8. The van der Waals surface area contributed by atoms with Crippen molar-refractivity contribution >= 4 is 17.9 Å². The molecule has 3 atom stereocenters. The molecule has 3 amide bonds. The molecule has 2 aliphatic heterocycles. The van der Waals surface area contributed by atoms with E-state index in [4.69, 9.17) is 14.2 Å². The average Bonchev–Trinajstić information content (AvgIpc) is 3.49. The monoisotopic (exact) mass is 677 g/mol. The first-order valence-electron chi connectivity index (χ1n) is 16.6. The van der Waals surface area contributed by atoms with Gasteiger partial charge in [-0.1, -0.05) is 6.07 Å². The van der Waals surface area contributed by atoms with E-state index < -0.39 is 29.4 Å². The van der Waals surface area contributed by atoms with Gasteiger partial charge in [0.05, 0.1) is 31.4 Å². The van der Waals surface area contributed by atoms with Gasteiger partial charge in [-0.25, -0.2) is 9.78 Å². The topological polar surface area (TPSA) is 156 Å². The van der Waals surface area contributed by atoms with E-state index in [1.54, 1.807) is 87.7 Å². The van der Waals surface area contributed by atoms with E-state index in [0.29, 0.717) is 42.6 Å². The van der Waals surface area contributed by atoms with E-state index in [1.807, 2.05) is 11.6 Å². The summed E-state index contributed by atoms with van der Waals surface area (Å²) in [6, 6.07) is 11.6. The number of nitrogens with zero attached hydrogens (tertiary/aromatic N) is 4.